The lowest BCUT2D eigenvalue weighted by Gasteiger charge is -2.25. The van der Waals surface area contributed by atoms with Gasteiger partial charge in [-0.05, 0) is 37.1 Å². The van der Waals surface area contributed by atoms with Crippen molar-refractivity contribution >= 4 is 47.0 Å². The Hall–Kier alpha value is -2.44. The molecule has 0 aliphatic heterocycles. The number of aliphatic imine (C=N–C) groups is 2. The second kappa shape index (κ2) is 10.0. The van der Waals surface area contributed by atoms with Crippen LogP contribution in [0.4, 0.5) is 11.4 Å². The Labute approximate surface area is 186 Å². The third-order valence-corrected chi connectivity index (χ3v) is 5.85. The number of phenols is 2. The molecule has 6 N–H and O–H groups in total. The van der Waals surface area contributed by atoms with E-state index in [1.165, 1.54) is 0 Å². The van der Waals surface area contributed by atoms with Crippen molar-refractivity contribution in [1.82, 2.24) is 0 Å². The van der Waals surface area contributed by atoms with E-state index in [1.54, 1.807) is 36.7 Å². The van der Waals surface area contributed by atoms with Crippen LogP contribution in [0.25, 0.3) is 0 Å². The largest absolute Gasteiger partial charge is 0.507 e. The first kappa shape index (κ1) is 22.2. The van der Waals surface area contributed by atoms with E-state index in [0.717, 1.165) is 25.7 Å². The van der Waals surface area contributed by atoms with Gasteiger partial charge in [0.25, 0.3) is 0 Å². The summed E-state index contributed by atoms with van der Waals surface area (Å²) in [6, 6.07) is 6.58. The maximum Gasteiger partial charge on any atom is 0.128 e. The Balaban J connectivity index is 1.83. The lowest BCUT2D eigenvalue weighted by Crippen LogP contribution is -2.27. The average Bonchev–Trinajstić information content (AvgIpc) is 2.74. The molecule has 1 aliphatic rings. The number of benzene rings is 2. The zero-order chi connectivity index (χ0) is 21.7. The molecule has 30 heavy (non-hydrogen) atoms. The minimum atomic E-state index is -0.0361. The first-order chi connectivity index (χ1) is 14.4. The minimum absolute atomic E-state index is 0.0361. The molecule has 2 aromatic carbocycles. The van der Waals surface area contributed by atoms with Crippen LogP contribution in [0.15, 0.2) is 34.3 Å². The van der Waals surface area contributed by atoms with E-state index in [0.29, 0.717) is 33.6 Å². The van der Waals surface area contributed by atoms with Crippen molar-refractivity contribution < 1.29 is 10.2 Å². The van der Waals surface area contributed by atoms with Crippen molar-refractivity contribution in [1.29, 1.82) is 0 Å². The Morgan fingerprint density at radius 2 is 1.20 bits per heavy atom. The van der Waals surface area contributed by atoms with Gasteiger partial charge < -0.3 is 21.7 Å². The molecule has 8 heteroatoms. The maximum atomic E-state index is 10.4. The quantitative estimate of drug-likeness (QED) is 0.223. The Bertz CT molecular complexity index is 885. The van der Waals surface area contributed by atoms with Gasteiger partial charge in [0.2, 0.25) is 0 Å². The fourth-order valence-electron chi connectivity index (χ4n) is 3.68. The molecule has 1 fully saturated rings. The van der Waals surface area contributed by atoms with Gasteiger partial charge in [-0.25, -0.2) is 0 Å². The van der Waals surface area contributed by atoms with Crippen LogP contribution in [0.1, 0.15) is 47.9 Å². The molecular formula is C22H26Cl2N4O2. The highest BCUT2D eigenvalue weighted by Crippen LogP contribution is 2.29. The normalized spacial score (nSPS) is 19.7. The number of anilines is 2. The zero-order valence-corrected chi connectivity index (χ0v) is 18.1. The Morgan fingerprint density at radius 1 is 0.800 bits per heavy atom. The van der Waals surface area contributed by atoms with Crippen LogP contribution in [0.5, 0.6) is 11.5 Å². The molecule has 1 aliphatic carbocycles. The van der Waals surface area contributed by atoms with E-state index < -0.39 is 0 Å². The van der Waals surface area contributed by atoms with Gasteiger partial charge in [-0.2, -0.15) is 0 Å². The van der Waals surface area contributed by atoms with Crippen molar-refractivity contribution in [3.63, 3.8) is 0 Å². The van der Waals surface area contributed by atoms with E-state index >= 15 is 0 Å². The molecule has 0 spiro atoms. The first-order valence-electron chi connectivity index (χ1n) is 9.84. The Kier molecular flexibility index (Phi) is 7.45. The van der Waals surface area contributed by atoms with E-state index in [4.69, 9.17) is 44.7 Å². The molecular weight excluding hydrogens is 423 g/mol. The van der Waals surface area contributed by atoms with Crippen LogP contribution in [0, 0.1) is 0 Å². The molecule has 0 heterocycles. The SMILES string of the molecule is Nc1cc(C=NC2CCCCC2N=Cc2cc(N)cc(CCl)c2O)c(O)c(CCl)c1. The monoisotopic (exact) mass is 448 g/mol. The lowest BCUT2D eigenvalue weighted by atomic mass is 9.91. The van der Waals surface area contributed by atoms with Crippen LogP contribution in [-0.4, -0.2) is 34.7 Å². The predicted octanol–water partition coefficient (Wildman–Crippen LogP) is 4.59. The van der Waals surface area contributed by atoms with Gasteiger partial charge in [-0.1, -0.05) is 12.8 Å². The fraction of sp³-hybridized carbons (Fsp3) is 0.364. The number of phenolic OH excluding ortho intramolecular Hbond substituents is 2. The van der Waals surface area contributed by atoms with E-state index in [2.05, 4.69) is 0 Å². The van der Waals surface area contributed by atoms with Gasteiger partial charge in [0.15, 0.2) is 0 Å². The summed E-state index contributed by atoms with van der Waals surface area (Å²) in [7, 11) is 0. The highest BCUT2D eigenvalue weighted by molar-refractivity contribution is 6.17. The summed E-state index contributed by atoms with van der Waals surface area (Å²) in [6.07, 6.45) is 7.18. The van der Waals surface area contributed by atoms with Crippen molar-refractivity contribution in [3.8, 4) is 11.5 Å². The summed E-state index contributed by atoms with van der Waals surface area (Å²) >= 11 is 11.8. The number of alkyl halides is 2. The van der Waals surface area contributed by atoms with Crippen molar-refractivity contribution in [3.05, 3.63) is 46.5 Å². The molecule has 6 nitrogen and oxygen atoms in total. The van der Waals surface area contributed by atoms with E-state index in [-0.39, 0.29) is 35.3 Å². The number of hydrogen-bond acceptors (Lipinski definition) is 6. The summed E-state index contributed by atoms with van der Waals surface area (Å²) in [5.41, 5.74) is 15.1. The van der Waals surface area contributed by atoms with Crippen LogP contribution in [0.3, 0.4) is 0 Å². The van der Waals surface area contributed by atoms with Gasteiger partial charge in [-0.15, -0.1) is 23.2 Å². The van der Waals surface area contributed by atoms with E-state index in [9.17, 15) is 10.2 Å². The molecule has 2 aromatic rings. The van der Waals surface area contributed by atoms with E-state index in [1.807, 2.05) is 0 Å². The molecule has 3 rings (SSSR count). The fourth-order valence-corrected chi connectivity index (χ4v) is 4.09. The molecule has 0 amide bonds. The number of rotatable bonds is 6. The summed E-state index contributed by atoms with van der Waals surface area (Å²) in [5.74, 6) is 0.526. The minimum Gasteiger partial charge on any atom is -0.507 e. The number of nitrogen functional groups attached to an aromatic ring is 2. The lowest BCUT2D eigenvalue weighted by molar-refractivity contribution is 0.390. The van der Waals surface area contributed by atoms with Crippen LogP contribution >= 0.6 is 23.2 Å². The first-order valence-corrected chi connectivity index (χ1v) is 10.9. The maximum absolute atomic E-state index is 10.4. The highest BCUT2D eigenvalue weighted by atomic mass is 35.5. The van der Waals surface area contributed by atoms with Gasteiger partial charge in [0.1, 0.15) is 11.5 Å². The van der Waals surface area contributed by atoms with Gasteiger partial charge >= 0.3 is 0 Å². The third-order valence-electron chi connectivity index (χ3n) is 5.27. The average molecular weight is 449 g/mol. The molecule has 0 aromatic heterocycles. The zero-order valence-electron chi connectivity index (χ0n) is 16.6. The predicted molar refractivity (Wildman–Crippen MR) is 125 cm³/mol. The van der Waals surface area contributed by atoms with Gasteiger partial charge in [0.05, 0.1) is 23.8 Å². The number of halogens is 2. The van der Waals surface area contributed by atoms with Gasteiger partial charge in [0, 0.05) is 46.1 Å². The van der Waals surface area contributed by atoms with Gasteiger partial charge in [-0.3, -0.25) is 9.98 Å². The topological polar surface area (TPSA) is 117 Å². The number of hydrogen-bond donors (Lipinski definition) is 4. The number of aromatic hydroxyl groups is 2. The Morgan fingerprint density at radius 3 is 1.57 bits per heavy atom. The summed E-state index contributed by atoms with van der Waals surface area (Å²) in [6.45, 7) is 0. The molecule has 0 radical (unpaired) electrons. The molecule has 1 saturated carbocycles. The van der Waals surface area contributed by atoms with Crippen LogP contribution < -0.4 is 11.5 Å². The second-order valence-corrected chi connectivity index (χ2v) is 8.01. The highest BCUT2D eigenvalue weighted by Gasteiger charge is 2.23. The van der Waals surface area contributed by atoms with Crippen molar-refractivity contribution in [2.75, 3.05) is 11.5 Å². The molecule has 0 saturated heterocycles. The number of nitrogens with zero attached hydrogens (tertiary/aromatic N) is 2. The van der Waals surface area contributed by atoms with Crippen LogP contribution in [0.2, 0.25) is 0 Å². The summed E-state index contributed by atoms with van der Waals surface area (Å²) < 4.78 is 0. The van der Waals surface area contributed by atoms with Crippen molar-refractivity contribution in [2.45, 2.75) is 49.5 Å². The molecule has 2 atom stereocenters. The standard InChI is InChI=1S/C22H26Cl2N4O2/c23-9-13-5-17(25)7-15(21(13)29)11-27-19-3-1-2-4-20(19)28-12-16-8-18(26)6-14(10-24)22(16)30/h5-8,11-12,19-20,29-30H,1-4,9-10,25-26H2. The molecule has 2 unspecified atom stereocenters. The van der Waals surface area contributed by atoms with Crippen molar-refractivity contribution in [2.24, 2.45) is 9.98 Å². The molecule has 160 valence electrons. The summed E-state index contributed by atoms with van der Waals surface area (Å²) in [5, 5.41) is 20.7. The summed E-state index contributed by atoms with van der Waals surface area (Å²) in [4.78, 5) is 9.39. The number of nitrogens with two attached hydrogens (primary N) is 2. The van der Waals surface area contributed by atoms with Crippen LogP contribution in [-0.2, 0) is 11.8 Å². The third kappa shape index (κ3) is 5.18. The molecule has 0 bridgehead atoms. The second-order valence-electron chi connectivity index (χ2n) is 7.48. The smallest absolute Gasteiger partial charge is 0.128 e.